The fourth-order valence-electron chi connectivity index (χ4n) is 2.52. The molecule has 0 aliphatic heterocycles. The largest absolute Gasteiger partial charge is 0.455 e. The van der Waals surface area contributed by atoms with Crippen molar-refractivity contribution in [3.63, 3.8) is 0 Å². The van der Waals surface area contributed by atoms with Crippen LogP contribution < -0.4 is 0 Å². The number of hydrogen-bond acceptors (Lipinski definition) is 4. The monoisotopic (exact) mass is 334 g/mol. The summed E-state index contributed by atoms with van der Waals surface area (Å²) >= 11 is 0. The van der Waals surface area contributed by atoms with Gasteiger partial charge >= 0.3 is 5.97 Å². The van der Waals surface area contributed by atoms with Crippen molar-refractivity contribution >= 4 is 22.7 Å². The standard InChI is InChI=1S/C21H18O4/c1-2-17(24-21(23)15-8-4-3-5-9-15)12-13-18(22)20-14-16-10-6-7-11-19(16)25-20/h2-11,14,17H,1,12-13H2. The van der Waals surface area contributed by atoms with E-state index in [0.717, 1.165) is 5.39 Å². The summed E-state index contributed by atoms with van der Waals surface area (Å²) in [6.07, 6.45) is 1.57. The Morgan fingerprint density at radius 2 is 1.80 bits per heavy atom. The molecule has 1 aromatic heterocycles. The van der Waals surface area contributed by atoms with Gasteiger partial charge in [-0.2, -0.15) is 0 Å². The van der Waals surface area contributed by atoms with E-state index in [-0.39, 0.29) is 12.2 Å². The lowest BCUT2D eigenvalue weighted by atomic mass is 10.1. The van der Waals surface area contributed by atoms with Crippen molar-refractivity contribution in [2.45, 2.75) is 18.9 Å². The van der Waals surface area contributed by atoms with Gasteiger partial charge in [-0.25, -0.2) is 4.79 Å². The van der Waals surface area contributed by atoms with Gasteiger partial charge in [-0.15, -0.1) is 0 Å². The van der Waals surface area contributed by atoms with E-state index < -0.39 is 12.1 Å². The van der Waals surface area contributed by atoms with Crippen LogP contribution in [-0.2, 0) is 4.74 Å². The molecular formula is C21H18O4. The van der Waals surface area contributed by atoms with E-state index >= 15 is 0 Å². The fraction of sp³-hybridized carbons (Fsp3) is 0.143. The zero-order chi connectivity index (χ0) is 17.6. The Morgan fingerprint density at radius 3 is 2.52 bits per heavy atom. The Labute approximate surface area is 145 Å². The molecule has 0 saturated heterocycles. The highest BCUT2D eigenvalue weighted by Crippen LogP contribution is 2.21. The fourth-order valence-corrected chi connectivity index (χ4v) is 2.52. The summed E-state index contributed by atoms with van der Waals surface area (Å²) in [5.74, 6) is -0.237. The van der Waals surface area contributed by atoms with Crippen molar-refractivity contribution in [3.05, 3.63) is 84.6 Å². The molecule has 1 unspecified atom stereocenters. The van der Waals surface area contributed by atoms with Crippen molar-refractivity contribution in [2.24, 2.45) is 0 Å². The second-order valence-electron chi connectivity index (χ2n) is 5.66. The molecule has 0 fully saturated rings. The van der Waals surface area contributed by atoms with Crippen LogP contribution in [0.2, 0.25) is 0 Å². The Kier molecular flexibility index (Phi) is 5.09. The van der Waals surface area contributed by atoms with Crippen molar-refractivity contribution in [1.29, 1.82) is 0 Å². The van der Waals surface area contributed by atoms with Crippen LogP contribution >= 0.6 is 0 Å². The topological polar surface area (TPSA) is 56.5 Å². The van der Waals surface area contributed by atoms with Crippen LogP contribution in [0.3, 0.4) is 0 Å². The Morgan fingerprint density at radius 1 is 1.08 bits per heavy atom. The SMILES string of the molecule is C=CC(CCC(=O)c1cc2ccccc2o1)OC(=O)c1ccccc1. The first-order chi connectivity index (χ1) is 12.2. The van der Waals surface area contributed by atoms with Gasteiger partial charge in [0.25, 0.3) is 0 Å². The molecule has 25 heavy (non-hydrogen) atoms. The van der Waals surface area contributed by atoms with E-state index in [1.54, 1.807) is 30.3 Å². The van der Waals surface area contributed by atoms with E-state index in [1.807, 2.05) is 30.3 Å². The predicted molar refractivity (Wildman–Crippen MR) is 95.6 cm³/mol. The van der Waals surface area contributed by atoms with E-state index in [4.69, 9.17) is 9.15 Å². The van der Waals surface area contributed by atoms with Gasteiger partial charge in [-0.3, -0.25) is 4.79 Å². The van der Waals surface area contributed by atoms with E-state index in [2.05, 4.69) is 6.58 Å². The third kappa shape index (κ3) is 4.04. The molecule has 4 heteroatoms. The zero-order valence-corrected chi connectivity index (χ0v) is 13.7. The maximum Gasteiger partial charge on any atom is 0.338 e. The second kappa shape index (κ2) is 7.62. The Balaban J connectivity index is 1.59. The summed E-state index contributed by atoms with van der Waals surface area (Å²) in [6.45, 7) is 3.68. The molecule has 0 N–H and O–H groups in total. The van der Waals surface area contributed by atoms with Crippen LogP contribution in [0.15, 0.2) is 77.7 Å². The minimum absolute atomic E-state index is 0.126. The van der Waals surface area contributed by atoms with Crippen LogP contribution in [0.25, 0.3) is 11.0 Å². The molecule has 0 saturated carbocycles. The van der Waals surface area contributed by atoms with Crippen molar-refractivity contribution in [3.8, 4) is 0 Å². The summed E-state index contributed by atoms with van der Waals surface area (Å²) in [7, 11) is 0. The first-order valence-electron chi connectivity index (χ1n) is 8.08. The van der Waals surface area contributed by atoms with Crippen LogP contribution in [0.5, 0.6) is 0 Å². The van der Waals surface area contributed by atoms with Gasteiger partial charge in [-0.1, -0.05) is 49.1 Å². The molecular weight excluding hydrogens is 316 g/mol. The highest BCUT2D eigenvalue weighted by Gasteiger charge is 2.17. The molecule has 4 nitrogen and oxygen atoms in total. The molecule has 3 rings (SSSR count). The molecule has 3 aromatic rings. The van der Waals surface area contributed by atoms with Crippen molar-refractivity contribution in [2.75, 3.05) is 0 Å². The molecule has 0 aliphatic rings. The molecule has 0 bridgehead atoms. The lowest BCUT2D eigenvalue weighted by molar-refractivity contribution is 0.0373. The molecule has 0 radical (unpaired) electrons. The number of carbonyl (C=O) groups excluding carboxylic acids is 2. The highest BCUT2D eigenvalue weighted by molar-refractivity contribution is 5.97. The number of furan rings is 1. The number of benzene rings is 2. The molecule has 1 heterocycles. The van der Waals surface area contributed by atoms with Gasteiger partial charge in [0.05, 0.1) is 5.56 Å². The number of para-hydroxylation sites is 1. The molecule has 0 amide bonds. The number of Topliss-reactive ketones (excluding diaryl/α,β-unsaturated/α-hetero) is 1. The number of esters is 1. The maximum atomic E-state index is 12.3. The highest BCUT2D eigenvalue weighted by atomic mass is 16.5. The second-order valence-corrected chi connectivity index (χ2v) is 5.66. The molecule has 126 valence electrons. The van der Waals surface area contributed by atoms with E-state index in [9.17, 15) is 9.59 Å². The minimum atomic E-state index is -0.527. The smallest absolute Gasteiger partial charge is 0.338 e. The summed E-state index contributed by atoms with van der Waals surface area (Å²) in [6, 6.07) is 17.9. The minimum Gasteiger partial charge on any atom is -0.455 e. The number of fused-ring (bicyclic) bond motifs is 1. The Hall–Kier alpha value is -3.14. The van der Waals surface area contributed by atoms with Crippen molar-refractivity contribution < 1.29 is 18.7 Å². The summed E-state index contributed by atoms with van der Waals surface area (Å²) < 4.78 is 11.0. The summed E-state index contributed by atoms with van der Waals surface area (Å²) in [4.78, 5) is 24.4. The molecule has 2 aromatic carbocycles. The summed E-state index contributed by atoms with van der Waals surface area (Å²) in [5.41, 5.74) is 1.15. The number of rotatable bonds is 7. The summed E-state index contributed by atoms with van der Waals surface area (Å²) in [5, 5.41) is 0.890. The molecule has 0 spiro atoms. The van der Waals surface area contributed by atoms with Gasteiger partial charge in [0.2, 0.25) is 0 Å². The normalized spacial score (nSPS) is 11.8. The molecule has 0 aliphatic carbocycles. The van der Waals surface area contributed by atoms with Crippen molar-refractivity contribution in [1.82, 2.24) is 0 Å². The number of hydrogen-bond donors (Lipinski definition) is 0. The van der Waals surface area contributed by atoms with E-state index in [1.165, 1.54) is 6.08 Å². The zero-order valence-electron chi connectivity index (χ0n) is 13.7. The predicted octanol–water partition coefficient (Wildman–Crippen LogP) is 4.81. The van der Waals surface area contributed by atoms with Crippen LogP contribution in [-0.4, -0.2) is 17.9 Å². The lowest BCUT2D eigenvalue weighted by Crippen LogP contribution is -2.17. The lowest BCUT2D eigenvalue weighted by Gasteiger charge is -2.13. The maximum absolute atomic E-state index is 12.3. The third-order valence-corrected chi connectivity index (χ3v) is 3.89. The quantitative estimate of drug-likeness (QED) is 0.353. The van der Waals surface area contributed by atoms with Gasteiger partial charge in [-0.05, 0) is 30.7 Å². The first-order valence-corrected chi connectivity index (χ1v) is 8.08. The van der Waals surface area contributed by atoms with Gasteiger partial charge < -0.3 is 9.15 Å². The molecule has 1 atom stereocenters. The first kappa shape index (κ1) is 16.7. The number of ether oxygens (including phenoxy) is 1. The van der Waals surface area contributed by atoms with Gasteiger partial charge in [0.1, 0.15) is 11.7 Å². The van der Waals surface area contributed by atoms with E-state index in [0.29, 0.717) is 23.3 Å². The number of ketones is 1. The van der Waals surface area contributed by atoms with Crippen LogP contribution in [0.1, 0.15) is 33.8 Å². The van der Waals surface area contributed by atoms with Crippen LogP contribution in [0.4, 0.5) is 0 Å². The average molecular weight is 334 g/mol. The third-order valence-electron chi connectivity index (χ3n) is 3.89. The van der Waals surface area contributed by atoms with Gasteiger partial charge in [0.15, 0.2) is 11.5 Å². The van der Waals surface area contributed by atoms with Crippen LogP contribution in [0, 0.1) is 0 Å². The Bertz CT molecular complexity index is 859. The average Bonchev–Trinajstić information content (AvgIpc) is 3.09. The van der Waals surface area contributed by atoms with Gasteiger partial charge in [0, 0.05) is 11.8 Å². The number of carbonyl (C=O) groups is 2.